The molecule has 1 aliphatic heterocycles. The molecule has 23 heavy (non-hydrogen) atoms. The minimum Gasteiger partial charge on any atom is -0.369 e. The third-order valence-electron chi connectivity index (χ3n) is 4.34. The molecule has 4 rings (SSSR count). The van der Waals surface area contributed by atoms with E-state index in [1.165, 1.54) is 11.1 Å². The van der Waals surface area contributed by atoms with E-state index in [1.807, 2.05) is 28.9 Å². The van der Waals surface area contributed by atoms with Crippen molar-refractivity contribution in [1.29, 1.82) is 0 Å². The van der Waals surface area contributed by atoms with Crippen LogP contribution in [0.1, 0.15) is 22.4 Å². The number of nitrogens with zero attached hydrogens (tertiary/aromatic N) is 2. The summed E-state index contributed by atoms with van der Waals surface area (Å²) in [7, 11) is 0. The first-order valence-corrected chi connectivity index (χ1v) is 8.25. The zero-order valence-electron chi connectivity index (χ0n) is 13.0. The predicted octanol–water partition coefficient (Wildman–Crippen LogP) is 4.39. The normalized spacial score (nSPS) is 13.0. The smallest absolute Gasteiger partial charge is 0.133 e. The fourth-order valence-electron chi connectivity index (χ4n) is 3.21. The Balaban J connectivity index is 1.78. The fourth-order valence-corrected chi connectivity index (χ4v) is 3.43. The average molecular weight is 324 g/mol. The van der Waals surface area contributed by atoms with Gasteiger partial charge in [-0.3, -0.25) is 0 Å². The second kappa shape index (κ2) is 5.74. The van der Waals surface area contributed by atoms with E-state index < -0.39 is 0 Å². The maximum atomic E-state index is 6.09. The van der Waals surface area contributed by atoms with Crippen molar-refractivity contribution in [2.45, 2.75) is 19.8 Å². The van der Waals surface area contributed by atoms with Gasteiger partial charge in [0.25, 0.3) is 0 Å². The standard InChI is InChI=1S/C19H18ClN3/c1-13-11-15(20)7-8-18(13)23-19-16(9-10-21-19)17(22-23)12-14-5-3-2-4-6-14/h2-8,11,21H,9-10,12H2,1H3. The Morgan fingerprint density at radius 1 is 1.17 bits per heavy atom. The van der Waals surface area contributed by atoms with Crippen molar-refractivity contribution in [3.63, 3.8) is 0 Å². The first-order chi connectivity index (χ1) is 11.2. The summed E-state index contributed by atoms with van der Waals surface area (Å²) in [5, 5.41) is 9.14. The summed E-state index contributed by atoms with van der Waals surface area (Å²) in [5.74, 6) is 1.13. The largest absolute Gasteiger partial charge is 0.369 e. The Labute approximate surface area is 140 Å². The predicted molar refractivity (Wildman–Crippen MR) is 94.8 cm³/mol. The number of benzene rings is 2. The second-order valence-corrected chi connectivity index (χ2v) is 6.39. The zero-order valence-corrected chi connectivity index (χ0v) is 13.8. The van der Waals surface area contributed by atoms with Gasteiger partial charge in [0.2, 0.25) is 0 Å². The van der Waals surface area contributed by atoms with Crippen molar-refractivity contribution in [3.05, 3.63) is 75.9 Å². The van der Waals surface area contributed by atoms with Crippen molar-refractivity contribution in [1.82, 2.24) is 9.78 Å². The molecule has 4 heteroatoms. The van der Waals surface area contributed by atoms with Gasteiger partial charge in [0.15, 0.2) is 0 Å². The minimum absolute atomic E-state index is 0.757. The van der Waals surface area contributed by atoms with Gasteiger partial charge in [0, 0.05) is 23.6 Å². The summed E-state index contributed by atoms with van der Waals surface area (Å²) in [5.41, 5.74) is 6.00. The van der Waals surface area contributed by atoms with Gasteiger partial charge in [0.1, 0.15) is 5.82 Å². The molecule has 1 aromatic heterocycles. The van der Waals surface area contributed by atoms with Crippen LogP contribution in [-0.2, 0) is 12.8 Å². The summed E-state index contributed by atoms with van der Waals surface area (Å²) in [6.07, 6.45) is 1.90. The molecule has 0 radical (unpaired) electrons. The molecule has 0 spiro atoms. The van der Waals surface area contributed by atoms with E-state index in [2.05, 4.69) is 36.5 Å². The number of halogens is 1. The molecule has 0 saturated carbocycles. The quantitative estimate of drug-likeness (QED) is 0.774. The molecule has 0 atom stereocenters. The van der Waals surface area contributed by atoms with Gasteiger partial charge in [0.05, 0.1) is 11.4 Å². The van der Waals surface area contributed by atoms with E-state index in [1.54, 1.807) is 0 Å². The molecule has 3 nitrogen and oxygen atoms in total. The lowest BCUT2D eigenvalue weighted by atomic mass is 10.1. The van der Waals surface area contributed by atoms with Crippen molar-refractivity contribution in [2.24, 2.45) is 0 Å². The zero-order chi connectivity index (χ0) is 15.8. The first-order valence-electron chi connectivity index (χ1n) is 7.87. The van der Waals surface area contributed by atoms with Crippen LogP contribution in [0.4, 0.5) is 5.82 Å². The monoisotopic (exact) mass is 323 g/mol. The third kappa shape index (κ3) is 2.62. The number of aryl methyl sites for hydroxylation is 1. The highest BCUT2D eigenvalue weighted by Crippen LogP contribution is 2.31. The van der Waals surface area contributed by atoms with Gasteiger partial charge in [-0.15, -0.1) is 0 Å². The van der Waals surface area contributed by atoms with Crippen LogP contribution in [0.15, 0.2) is 48.5 Å². The van der Waals surface area contributed by atoms with Crippen LogP contribution >= 0.6 is 11.6 Å². The summed E-state index contributed by atoms with van der Waals surface area (Å²) in [4.78, 5) is 0. The van der Waals surface area contributed by atoms with Crippen LogP contribution in [0.2, 0.25) is 5.02 Å². The van der Waals surface area contributed by atoms with E-state index in [9.17, 15) is 0 Å². The van der Waals surface area contributed by atoms with Crippen LogP contribution in [0, 0.1) is 6.92 Å². The average Bonchev–Trinajstić information content (AvgIpc) is 3.13. The van der Waals surface area contributed by atoms with E-state index in [-0.39, 0.29) is 0 Å². The van der Waals surface area contributed by atoms with Gasteiger partial charge in [-0.05, 0) is 42.7 Å². The van der Waals surface area contributed by atoms with Gasteiger partial charge < -0.3 is 5.32 Å². The molecule has 0 aliphatic carbocycles. The molecule has 1 N–H and O–H groups in total. The molecule has 0 unspecified atom stereocenters. The Bertz CT molecular complexity index is 853. The Morgan fingerprint density at radius 2 is 2.00 bits per heavy atom. The van der Waals surface area contributed by atoms with Crippen molar-refractivity contribution >= 4 is 17.4 Å². The maximum Gasteiger partial charge on any atom is 0.133 e. The minimum atomic E-state index is 0.757. The van der Waals surface area contributed by atoms with Gasteiger partial charge in [-0.2, -0.15) is 5.10 Å². The number of anilines is 1. The molecule has 1 aliphatic rings. The van der Waals surface area contributed by atoms with Gasteiger partial charge >= 0.3 is 0 Å². The summed E-state index contributed by atoms with van der Waals surface area (Å²) in [6, 6.07) is 16.5. The van der Waals surface area contributed by atoms with Crippen molar-refractivity contribution < 1.29 is 0 Å². The Hall–Kier alpha value is -2.26. The highest BCUT2D eigenvalue weighted by atomic mass is 35.5. The van der Waals surface area contributed by atoms with E-state index >= 15 is 0 Å². The van der Waals surface area contributed by atoms with Crippen LogP contribution in [0.25, 0.3) is 5.69 Å². The van der Waals surface area contributed by atoms with E-state index in [4.69, 9.17) is 16.7 Å². The Morgan fingerprint density at radius 3 is 2.78 bits per heavy atom. The molecule has 0 saturated heterocycles. The fraction of sp³-hybridized carbons (Fsp3) is 0.211. The van der Waals surface area contributed by atoms with Crippen LogP contribution in [-0.4, -0.2) is 16.3 Å². The number of fused-ring (bicyclic) bond motifs is 1. The number of hydrogen-bond donors (Lipinski definition) is 1. The van der Waals surface area contributed by atoms with Crippen molar-refractivity contribution in [2.75, 3.05) is 11.9 Å². The van der Waals surface area contributed by atoms with Crippen LogP contribution in [0.5, 0.6) is 0 Å². The second-order valence-electron chi connectivity index (χ2n) is 5.96. The number of nitrogens with one attached hydrogen (secondary N) is 1. The van der Waals surface area contributed by atoms with Crippen molar-refractivity contribution in [3.8, 4) is 5.69 Å². The summed E-state index contributed by atoms with van der Waals surface area (Å²) >= 11 is 6.09. The maximum absolute atomic E-state index is 6.09. The molecule has 0 bridgehead atoms. The molecule has 2 heterocycles. The number of rotatable bonds is 3. The number of hydrogen-bond acceptors (Lipinski definition) is 2. The molecule has 3 aromatic rings. The summed E-state index contributed by atoms with van der Waals surface area (Å²) < 4.78 is 2.03. The third-order valence-corrected chi connectivity index (χ3v) is 4.57. The number of aromatic nitrogens is 2. The summed E-state index contributed by atoms with van der Waals surface area (Å²) in [6.45, 7) is 3.04. The van der Waals surface area contributed by atoms with Crippen LogP contribution < -0.4 is 5.32 Å². The molecule has 0 amide bonds. The lowest BCUT2D eigenvalue weighted by molar-refractivity contribution is 0.835. The SMILES string of the molecule is Cc1cc(Cl)ccc1-n1nc(Cc2ccccc2)c2c1NCC2. The first kappa shape index (κ1) is 14.3. The molecular weight excluding hydrogens is 306 g/mol. The topological polar surface area (TPSA) is 29.9 Å². The van der Waals surface area contributed by atoms with E-state index in [0.717, 1.165) is 47.2 Å². The molecule has 116 valence electrons. The van der Waals surface area contributed by atoms with Crippen LogP contribution in [0.3, 0.4) is 0 Å². The molecule has 2 aromatic carbocycles. The van der Waals surface area contributed by atoms with Gasteiger partial charge in [-0.25, -0.2) is 4.68 Å². The molecular formula is C19H18ClN3. The Kier molecular flexibility index (Phi) is 3.58. The van der Waals surface area contributed by atoms with Gasteiger partial charge in [-0.1, -0.05) is 41.9 Å². The van der Waals surface area contributed by atoms with E-state index in [0.29, 0.717) is 0 Å². The highest BCUT2D eigenvalue weighted by Gasteiger charge is 2.23. The lowest BCUT2D eigenvalue weighted by Gasteiger charge is -2.09. The lowest BCUT2D eigenvalue weighted by Crippen LogP contribution is -2.06. The highest BCUT2D eigenvalue weighted by molar-refractivity contribution is 6.30. The molecule has 0 fully saturated rings.